The van der Waals surface area contributed by atoms with Gasteiger partial charge in [-0.1, -0.05) is 47.5 Å². The molecule has 0 aromatic heterocycles. The Kier molecular flexibility index (Phi) is 4.23. The average Bonchev–Trinajstić information content (AvgIpc) is 2.37. The molecule has 2 rings (SSSR count). The number of aliphatic hydroxyl groups is 1. The molecule has 1 unspecified atom stereocenters. The van der Waals surface area contributed by atoms with Crippen LogP contribution in [0.15, 0.2) is 42.5 Å². The number of hydrogen-bond donors (Lipinski definition) is 1. The Morgan fingerprint density at radius 3 is 2.32 bits per heavy atom. The Morgan fingerprint density at radius 1 is 1.05 bits per heavy atom. The first-order valence-corrected chi connectivity index (χ1v) is 6.48. The highest BCUT2D eigenvalue weighted by Crippen LogP contribution is 2.27. The van der Waals surface area contributed by atoms with Crippen molar-refractivity contribution in [2.45, 2.75) is 26.4 Å². The van der Waals surface area contributed by atoms with Crippen molar-refractivity contribution in [1.82, 2.24) is 0 Å². The summed E-state index contributed by atoms with van der Waals surface area (Å²) < 4.78 is 5.29. The Balaban J connectivity index is 2.22. The zero-order valence-electron chi connectivity index (χ0n) is 11.7. The monoisotopic (exact) mass is 256 g/mol. The van der Waals surface area contributed by atoms with E-state index in [0.717, 1.165) is 16.9 Å². The molecule has 0 aliphatic carbocycles. The van der Waals surface area contributed by atoms with Gasteiger partial charge in [0.15, 0.2) is 0 Å². The fourth-order valence-corrected chi connectivity index (χ4v) is 2.46. The summed E-state index contributed by atoms with van der Waals surface area (Å²) in [7, 11) is 1.63. The van der Waals surface area contributed by atoms with Crippen molar-refractivity contribution in [1.29, 1.82) is 0 Å². The van der Waals surface area contributed by atoms with Crippen molar-refractivity contribution < 1.29 is 9.84 Å². The second kappa shape index (κ2) is 5.89. The molecule has 19 heavy (non-hydrogen) atoms. The standard InChI is InChI=1S/C17H20O2/c1-12-8-13(2)10-14(9-12)11-16(18)15-6-4-5-7-17(15)19-3/h4-10,16,18H,11H2,1-3H3. The van der Waals surface area contributed by atoms with E-state index in [9.17, 15) is 5.11 Å². The molecule has 0 radical (unpaired) electrons. The third kappa shape index (κ3) is 3.36. The lowest BCUT2D eigenvalue weighted by Gasteiger charge is -2.15. The van der Waals surface area contributed by atoms with Crippen molar-refractivity contribution in [3.8, 4) is 5.75 Å². The van der Waals surface area contributed by atoms with Gasteiger partial charge in [-0.05, 0) is 25.5 Å². The topological polar surface area (TPSA) is 29.5 Å². The fraction of sp³-hybridized carbons (Fsp3) is 0.294. The summed E-state index contributed by atoms with van der Waals surface area (Å²) in [6.07, 6.45) is 0.0560. The van der Waals surface area contributed by atoms with E-state index in [0.29, 0.717) is 6.42 Å². The lowest BCUT2D eigenvalue weighted by atomic mass is 9.98. The maximum atomic E-state index is 10.4. The van der Waals surface area contributed by atoms with Crippen LogP contribution in [0.4, 0.5) is 0 Å². The number of para-hydroxylation sites is 1. The minimum atomic E-state index is -0.544. The zero-order valence-corrected chi connectivity index (χ0v) is 11.7. The van der Waals surface area contributed by atoms with Crippen LogP contribution in [0.2, 0.25) is 0 Å². The average molecular weight is 256 g/mol. The highest BCUT2D eigenvalue weighted by atomic mass is 16.5. The molecular formula is C17H20O2. The highest BCUT2D eigenvalue weighted by Gasteiger charge is 2.13. The molecule has 1 atom stereocenters. The number of methoxy groups -OCH3 is 1. The van der Waals surface area contributed by atoms with Gasteiger partial charge in [0.25, 0.3) is 0 Å². The van der Waals surface area contributed by atoms with Gasteiger partial charge in [0, 0.05) is 12.0 Å². The minimum Gasteiger partial charge on any atom is -0.496 e. The molecule has 0 saturated carbocycles. The summed E-state index contributed by atoms with van der Waals surface area (Å²) in [5.74, 6) is 0.736. The van der Waals surface area contributed by atoms with Crippen LogP contribution in [0.25, 0.3) is 0 Å². The summed E-state index contributed by atoms with van der Waals surface area (Å²) >= 11 is 0. The summed E-state index contributed by atoms with van der Waals surface area (Å²) in [6.45, 7) is 4.15. The molecule has 2 heteroatoms. The maximum absolute atomic E-state index is 10.4. The Labute approximate surface area is 114 Å². The van der Waals surface area contributed by atoms with E-state index in [2.05, 4.69) is 32.0 Å². The van der Waals surface area contributed by atoms with Gasteiger partial charge in [0.05, 0.1) is 13.2 Å². The summed E-state index contributed by atoms with van der Waals surface area (Å²) in [5.41, 5.74) is 4.43. The fourth-order valence-electron chi connectivity index (χ4n) is 2.46. The van der Waals surface area contributed by atoms with Gasteiger partial charge in [0.2, 0.25) is 0 Å². The van der Waals surface area contributed by atoms with Crippen LogP contribution in [0.1, 0.15) is 28.4 Å². The van der Waals surface area contributed by atoms with Crippen molar-refractivity contribution in [3.63, 3.8) is 0 Å². The van der Waals surface area contributed by atoms with E-state index in [4.69, 9.17) is 4.74 Å². The molecule has 2 nitrogen and oxygen atoms in total. The van der Waals surface area contributed by atoms with E-state index in [1.54, 1.807) is 7.11 Å². The van der Waals surface area contributed by atoms with Crippen molar-refractivity contribution in [2.75, 3.05) is 7.11 Å². The third-order valence-electron chi connectivity index (χ3n) is 3.21. The summed E-state index contributed by atoms with van der Waals surface area (Å²) in [6, 6.07) is 14.0. The Bertz CT molecular complexity index is 541. The van der Waals surface area contributed by atoms with Crippen LogP contribution in [-0.4, -0.2) is 12.2 Å². The molecule has 0 saturated heterocycles. The van der Waals surface area contributed by atoms with Crippen molar-refractivity contribution in [3.05, 3.63) is 64.7 Å². The van der Waals surface area contributed by atoms with Crippen LogP contribution >= 0.6 is 0 Å². The minimum absolute atomic E-state index is 0.544. The Morgan fingerprint density at radius 2 is 1.68 bits per heavy atom. The molecular weight excluding hydrogens is 236 g/mol. The molecule has 0 spiro atoms. The molecule has 0 amide bonds. The molecule has 2 aromatic carbocycles. The summed E-state index contributed by atoms with van der Waals surface area (Å²) in [5, 5.41) is 10.4. The maximum Gasteiger partial charge on any atom is 0.124 e. The molecule has 100 valence electrons. The zero-order chi connectivity index (χ0) is 13.8. The number of ether oxygens (including phenoxy) is 1. The molecule has 0 heterocycles. The predicted octanol–water partition coefficient (Wildman–Crippen LogP) is 3.59. The molecule has 2 aromatic rings. The largest absolute Gasteiger partial charge is 0.496 e. The van der Waals surface area contributed by atoms with E-state index < -0.39 is 6.10 Å². The van der Waals surface area contributed by atoms with E-state index >= 15 is 0 Å². The molecule has 0 bridgehead atoms. The number of hydrogen-bond acceptors (Lipinski definition) is 2. The van der Waals surface area contributed by atoms with Gasteiger partial charge in [-0.15, -0.1) is 0 Å². The SMILES string of the molecule is COc1ccccc1C(O)Cc1cc(C)cc(C)c1. The van der Waals surface area contributed by atoms with Crippen molar-refractivity contribution >= 4 is 0 Å². The van der Waals surface area contributed by atoms with Gasteiger partial charge in [-0.3, -0.25) is 0 Å². The first kappa shape index (κ1) is 13.6. The first-order chi connectivity index (χ1) is 9.10. The molecule has 1 N–H and O–H groups in total. The van der Waals surface area contributed by atoms with E-state index in [1.807, 2.05) is 24.3 Å². The summed E-state index contributed by atoms with van der Waals surface area (Å²) in [4.78, 5) is 0. The van der Waals surface area contributed by atoms with Gasteiger partial charge in [-0.2, -0.15) is 0 Å². The van der Waals surface area contributed by atoms with Gasteiger partial charge < -0.3 is 9.84 Å². The van der Waals surface area contributed by atoms with Gasteiger partial charge in [-0.25, -0.2) is 0 Å². The second-order valence-corrected chi connectivity index (χ2v) is 4.96. The van der Waals surface area contributed by atoms with Crippen LogP contribution in [0, 0.1) is 13.8 Å². The lowest BCUT2D eigenvalue weighted by Crippen LogP contribution is -2.04. The van der Waals surface area contributed by atoms with E-state index in [-0.39, 0.29) is 0 Å². The van der Waals surface area contributed by atoms with Crippen LogP contribution in [0.5, 0.6) is 5.75 Å². The molecule has 0 aliphatic rings. The molecule has 0 fully saturated rings. The van der Waals surface area contributed by atoms with Crippen LogP contribution < -0.4 is 4.74 Å². The second-order valence-electron chi connectivity index (χ2n) is 4.96. The first-order valence-electron chi connectivity index (χ1n) is 6.48. The van der Waals surface area contributed by atoms with Crippen molar-refractivity contribution in [2.24, 2.45) is 0 Å². The van der Waals surface area contributed by atoms with Crippen LogP contribution in [0.3, 0.4) is 0 Å². The Hall–Kier alpha value is -1.80. The van der Waals surface area contributed by atoms with E-state index in [1.165, 1.54) is 11.1 Å². The number of benzene rings is 2. The third-order valence-corrected chi connectivity index (χ3v) is 3.21. The van der Waals surface area contributed by atoms with Gasteiger partial charge in [0.1, 0.15) is 5.75 Å². The quantitative estimate of drug-likeness (QED) is 0.906. The predicted molar refractivity (Wildman–Crippen MR) is 77.6 cm³/mol. The number of aliphatic hydroxyl groups excluding tert-OH is 1. The lowest BCUT2D eigenvalue weighted by molar-refractivity contribution is 0.174. The smallest absolute Gasteiger partial charge is 0.124 e. The normalized spacial score (nSPS) is 12.2. The highest BCUT2D eigenvalue weighted by molar-refractivity contribution is 5.37. The number of aryl methyl sites for hydroxylation is 2. The van der Waals surface area contributed by atoms with Crippen LogP contribution in [-0.2, 0) is 6.42 Å². The van der Waals surface area contributed by atoms with Gasteiger partial charge >= 0.3 is 0 Å². The molecule has 0 aliphatic heterocycles. The number of rotatable bonds is 4.